The molecular formula is C14H23NO3. The van der Waals surface area contributed by atoms with Crippen LogP contribution >= 0.6 is 0 Å². The maximum absolute atomic E-state index is 5.59. The number of aryl methyl sites for hydroxylation is 1. The Morgan fingerprint density at radius 3 is 2.44 bits per heavy atom. The smallest absolute Gasteiger partial charge is 0.0720 e. The first-order chi connectivity index (χ1) is 8.77. The van der Waals surface area contributed by atoms with Crippen molar-refractivity contribution in [1.82, 2.24) is 0 Å². The highest BCUT2D eigenvalue weighted by Gasteiger charge is 2.00. The molecule has 0 aliphatic heterocycles. The second-order valence-corrected chi connectivity index (χ2v) is 4.12. The van der Waals surface area contributed by atoms with Crippen LogP contribution in [0.1, 0.15) is 16.7 Å². The average Bonchev–Trinajstić information content (AvgIpc) is 2.39. The van der Waals surface area contributed by atoms with Crippen molar-refractivity contribution in [3.05, 3.63) is 34.9 Å². The fourth-order valence-corrected chi connectivity index (χ4v) is 1.59. The summed E-state index contributed by atoms with van der Waals surface area (Å²) in [5, 5.41) is 0. The van der Waals surface area contributed by atoms with Gasteiger partial charge in [-0.1, -0.05) is 18.2 Å². The first kappa shape index (κ1) is 15.1. The number of ether oxygens (including phenoxy) is 3. The van der Waals surface area contributed by atoms with Gasteiger partial charge in [0.05, 0.1) is 33.0 Å². The Morgan fingerprint density at radius 2 is 1.78 bits per heavy atom. The molecule has 0 bridgehead atoms. The quantitative estimate of drug-likeness (QED) is 0.680. The Hall–Kier alpha value is -0.940. The highest BCUT2D eigenvalue weighted by Crippen LogP contribution is 2.11. The molecule has 0 heterocycles. The summed E-state index contributed by atoms with van der Waals surface area (Å²) in [5.41, 5.74) is 9.16. The molecule has 0 spiro atoms. The maximum atomic E-state index is 5.59. The SMILES string of the molecule is COCCOCCOCc1ccc(CN)cc1C. The normalized spacial score (nSPS) is 10.8. The van der Waals surface area contributed by atoms with Gasteiger partial charge in [0.25, 0.3) is 0 Å². The fourth-order valence-electron chi connectivity index (χ4n) is 1.59. The lowest BCUT2D eigenvalue weighted by Crippen LogP contribution is -2.08. The lowest BCUT2D eigenvalue weighted by Gasteiger charge is -2.09. The molecule has 1 aromatic carbocycles. The zero-order chi connectivity index (χ0) is 13.2. The van der Waals surface area contributed by atoms with Gasteiger partial charge < -0.3 is 19.9 Å². The van der Waals surface area contributed by atoms with Crippen LogP contribution in [0, 0.1) is 6.92 Å². The predicted octanol–water partition coefficient (Wildman–Crippen LogP) is 1.63. The number of benzene rings is 1. The molecule has 4 nitrogen and oxygen atoms in total. The van der Waals surface area contributed by atoms with E-state index in [2.05, 4.69) is 19.1 Å². The van der Waals surface area contributed by atoms with Gasteiger partial charge in [-0.3, -0.25) is 0 Å². The van der Waals surface area contributed by atoms with Gasteiger partial charge in [-0.05, 0) is 23.6 Å². The topological polar surface area (TPSA) is 53.7 Å². The monoisotopic (exact) mass is 253 g/mol. The lowest BCUT2D eigenvalue weighted by molar-refractivity contribution is 0.0198. The van der Waals surface area contributed by atoms with E-state index in [-0.39, 0.29) is 0 Å². The van der Waals surface area contributed by atoms with Crippen molar-refractivity contribution in [1.29, 1.82) is 0 Å². The predicted molar refractivity (Wildman–Crippen MR) is 71.4 cm³/mol. The molecule has 0 saturated carbocycles. The van der Waals surface area contributed by atoms with Gasteiger partial charge in [-0.25, -0.2) is 0 Å². The van der Waals surface area contributed by atoms with E-state index >= 15 is 0 Å². The summed E-state index contributed by atoms with van der Waals surface area (Å²) in [7, 11) is 1.66. The molecule has 18 heavy (non-hydrogen) atoms. The van der Waals surface area contributed by atoms with Crippen LogP contribution in [0.5, 0.6) is 0 Å². The summed E-state index contributed by atoms with van der Waals surface area (Å²) < 4.78 is 15.7. The summed E-state index contributed by atoms with van der Waals surface area (Å²) in [5.74, 6) is 0. The van der Waals surface area contributed by atoms with Crippen LogP contribution in [0.3, 0.4) is 0 Å². The van der Waals surface area contributed by atoms with Crippen molar-refractivity contribution in [3.8, 4) is 0 Å². The van der Waals surface area contributed by atoms with E-state index in [1.165, 1.54) is 11.1 Å². The van der Waals surface area contributed by atoms with E-state index in [1.807, 2.05) is 6.07 Å². The summed E-state index contributed by atoms with van der Waals surface area (Å²) >= 11 is 0. The minimum absolute atomic E-state index is 0.579. The Kier molecular flexibility index (Phi) is 7.60. The van der Waals surface area contributed by atoms with Crippen LogP contribution in [-0.4, -0.2) is 33.5 Å². The first-order valence-corrected chi connectivity index (χ1v) is 6.21. The molecule has 0 amide bonds. The van der Waals surface area contributed by atoms with Crippen molar-refractivity contribution < 1.29 is 14.2 Å². The molecule has 4 heteroatoms. The molecule has 0 aliphatic carbocycles. The van der Waals surface area contributed by atoms with E-state index in [4.69, 9.17) is 19.9 Å². The van der Waals surface area contributed by atoms with E-state index in [0.29, 0.717) is 39.6 Å². The summed E-state index contributed by atoms with van der Waals surface area (Å²) in [6.07, 6.45) is 0. The molecular weight excluding hydrogens is 230 g/mol. The van der Waals surface area contributed by atoms with E-state index in [0.717, 1.165) is 5.56 Å². The summed E-state index contributed by atoms with van der Waals surface area (Å²) in [6, 6.07) is 6.22. The van der Waals surface area contributed by atoms with Crippen molar-refractivity contribution in [3.63, 3.8) is 0 Å². The number of hydrogen-bond acceptors (Lipinski definition) is 4. The molecule has 2 N–H and O–H groups in total. The lowest BCUT2D eigenvalue weighted by atomic mass is 10.1. The van der Waals surface area contributed by atoms with E-state index < -0.39 is 0 Å². The molecule has 1 rings (SSSR count). The van der Waals surface area contributed by atoms with Gasteiger partial charge in [-0.15, -0.1) is 0 Å². The van der Waals surface area contributed by atoms with Crippen LogP contribution in [0.15, 0.2) is 18.2 Å². The van der Waals surface area contributed by atoms with Crippen LogP contribution in [0.2, 0.25) is 0 Å². The van der Waals surface area contributed by atoms with Gasteiger partial charge in [0, 0.05) is 13.7 Å². The molecule has 0 saturated heterocycles. The van der Waals surface area contributed by atoms with Crippen LogP contribution in [0.4, 0.5) is 0 Å². The molecule has 0 radical (unpaired) electrons. The van der Waals surface area contributed by atoms with Gasteiger partial charge in [0.15, 0.2) is 0 Å². The van der Waals surface area contributed by atoms with Gasteiger partial charge >= 0.3 is 0 Å². The van der Waals surface area contributed by atoms with E-state index in [9.17, 15) is 0 Å². The third-order valence-corrected chi connectivity index (χ3v) is 2.70. The Balaban J connectivity index is 2.19. The number of hydrogen-bond donors (Lipinski definition) is 1. The first-order valence-electron chi connectivity index (χ1n) is 6.21. The van der Waals surface area contributed by atoms with Gasteiger partial charge in [0.2, 0.25) is 0 Å². The van der Waals surface area contributed by atoms with Crippen molar-refractivity contribution in [2.45, 2.75) is 20.1 Å². The minimum atomic E-state index is 0.579. The molecule has 0 atom stereocenters. The summed E-state index contributed by atoms with van der Waals surface area (Å²) in [4.78, 5) is 0. The zero-order valence-corrected chi connectivity index (χ0v) is 11.3. The summed E-state index contributed by atoms with van der Waals surface area (Å²) in [6.45, 7) is 5.71. The highest BCUT2D eigenvalue weighted by atomic mass is 16.5. The highest BCUT2D eigenvalue weighted by molar-refractivity contribution is 5.30. The minimum Gasteiger partial charge on any atom is -0.382 e. The fraction of sp³-hybridized carbons (Fsp3) is 0.571. The Bertz CT molecular complexity index is 342. The zero-order valence-electron chi connectivity index (χ0n) is 11.3. The second kappa shape index (κ2) is 9.05. The molecule has 102 valence electrons. The van der Waals surface area contributed by atoms with Gasteiger partial charge in [0.1, 0.15) is 0 Å². The number of methoxy groups -OCH3 is 1. The van der Waals surface area contributed by atoms with Crippen LogP contribution in [-0.2, 0) is 27.4 Å². The Morgan fingerprint density at radius 1 is 1.06 bits per heavy atom. The second-order valence-electron chi connectivity index (χ2n) is 4.12. The molecule has 0 aromatic heterocycles. The van der Waals surface area contributed by atoms with Crippen molar-refractivity contribution in [2.75, 3.05) is 33.5 Å². The molecule has 0 unspecified atom stereocenters. The van der Waals surface area contributed by atoms with Crippen molar-refractivity contribution in [2.24, 2.45) is 5.73 Å². The maximum Gasteiger partial charge on any atom is 0.0720 e. The van der Waals surface area contributed by atoms with Crippen LogP contribution < -0.4 is 5.73 Å². The van der Waals surface area contributed by atoms with Crippen LogP contribution in [0.25, 0.3) is 0 Å². The average molecular weight is 253 g/mol. The molecule has 0 aliphatic rings. The third kappa shape index (κ3) is 5.60. The molecule has 0 fully saturated rings. The molecule has 1 aromatic rings. The number of rotatable bonds is 9. The van der Waals surface area contributed by atoms with Gasteiger partial charge in [-0.2, -0.15) is 0 Å². The van der Waals surface area contributed by atoms with E-state index in [1.54, 1.807) is 7.11 Å². The van der Waals surface area contributed by atoms with Crippen molar-refractivity contribution >= 4 is 0 Å². The largest absolute Gasteiger partial charge is 0.382 e. The standard InChI is InChI=1S/C14H23NO3/c1-12-9-13(10-15)3-4-14(12)11-18-8-7-17-6-5-16-2/h3-4,9H,5-8,10-11,15H2,1-2H3. The Labute approximate surface area is 109 Å². The third-order valence-electron chi connectivity index (χ3n) is 2.70. The number of nitrogens with two attached hydrogens (primary N) is 1.